The number of carbonyl (C=O) groups is 2. The number of carbonyl (C=O) groups excluding carboxylic acids is 2. The summed E-state index contributed by atoms with van der Waals surface area (Å²) in [5.74, 6) is -0.434. The first kappa shape index (κ1) is 22.4. The molecular formula is C23H23N3O6. The van der Waals surface area contributed by atoms with Gasteiger partial charge in [-0.2, -0.15) is 0 Å². The number of methoxy groups -OCH3 is 2. The lowest BCUT2D eigenvalue weighted by Crippen LogP contribution is -2.20. The van der Waals surface area contributed by atoms with Gasteiger partial charge in [0.25, 0.3) is 17.4 Å². The fourth-order valence-electron chi connectivity index (χ4n) is 2.98. The van der Waals surface area contributed by atoms with Gasteiger partial charge >= 0.3 is 0 Å². The fraction of sp³-hybridized carbons (Fsp3) is 0.174. The van der Waals surface area contributed by atoms with Gasteiger partial charge in [0.1, 0.15) is 0 Å². The molecule has 3 rings (SSSR count). The van der Waals surface area contributed by atoms with Crippen LogP contribution in [0.25, 0.3) is 0 Å². The lowest BCUT2D eigenvalue weighted by Gasteiger charge is -2.15. The summed E-state index contributed by atoms with van der Waals surface area (Å²) in [7, 11) is 2.81. The van der Waals surface area contributed by atoms with Crippen LogP contribution in [0.5, 0.6) is 17.2 Å². The quantitative estimate of drug-likeness (QED) is 0.528. The van der Waals surface area contributed by atoms with Gasteiger partial charge in [-0.3, -0.25) is 14.4 Å². The van der Waals surface area contributed by atoms with Gasteiger partial charge in [0.15, 0.2) is 18.1 Å². The number of nitrogens with zero attached hydrogens (tertiary/aromatic N) is 1. The van der Waals surface area contributed by atoms with E-state index < -0.39 is 11.8 Å². The molecule has 0 saturated heterocycles. The Bertz CT molecular complexity index is 1150. The maximum absolute atomic E-state index is 12.8. The van der Waals surface area contributed by atoms with Crippen molar-refractivity contribution < 1.29 is 23.8 Å². The molecule has 9 nitrogen and oxygen atoms in total. The van der Waals surface area contributed by atoms with Gasteiger partial charge in [-0.05, 0) is 35.9 Å². The second kappa shape index (κ2) is 10.2. The lowest BCUT2D eigenvalue weighted by molar-refractivity contribution is -0.120. The first-order chi connectivity index (χ1) is 15.4. The number of pyridine rings is 1. The van der Waals surface area contributed by atoms with Gasteiger partial charge in [0, 0.05) is 23.5 Å². The summed E-state index contributed by atoms with van der Waals surface area (Å²) in [6, 6.07) is 15.1. The van der Waals surface area contributed by atoms with Gasteiger partial charge in [-0.1, -0.05) is 18.2 Å². The highest BCUT2D eigenvalue weighted by Gasteiger charge is 2.18. The molecule has 0 spiro atoms. The SMILES string of the molecule is COc1cc(C(=O)Nc2ccc(Cn3ccccc3=O)cc2)cc(OC)c1OCC(N)=O. The Morgan fingerprint density at radius 3 is 2.22 bits per heavy atom. The van der Waals surface area contributed by atoms with Gasteiger partial charge in [0.05, 0.1) is 20.8 Å². The number of amides is 2. The van der Waals surface area contributed by atoms with Crippen molar-refractivity contribution in [2.24, 2.45) is 5.73 Å². The molecule has 1 aromatic heterocycles. The second-order valence-electron chi connectivity index (χ2n) is 6.78. The van der Waals surface area contributed by atoms with Crippen LogP contribution in [-0.4, -0.2) is 37.2 Å². The molecule has 2 aromatic carbocycles. The molecule has 0 saturated carbocycles. The second-order valence-corrected chi connectivity index (χ2v) is 6.78. The molecule has 0 bridgehead atoms. The molecule has 32 heavy (non-hydrogen) atoms. The third kappa shape index (κ3) is 5.45. The maximum Gasteiger partial charge on any atom is 0.255 e. The van der Waals surface area contributed by atoms with Crippen molar-refractivity contribution in [3.8, 4) is 17.2 Å². The topological polar surface area (TPSA) is 122 Å². The predicted octanol–water partition coefficient (Wildman–Crippen LogP) is 2.03. The number of aromatic nitrogens is 1. The van der Waals surface area contributed by atoms with Crippen LogP contribution in [0.4, 0.5) is 5.69 Å². The molecule has 0 unspecified atom stereocenters. The third-order valence-electron chi connectivity index (χ3n) is 4.55. The number of benzene rings is 2. The Hall–Kier alpha value is -4.27. The van der Waals surface area contributed by atoms with Crippen molar-refractivity contribution in [1.82, 2.24) is 4.57 Å². The van der Waals surface area contributed by atoms with Crippen LogP contribution in [-0.2, 0) is 11.3 Å². The van der Waals surface area contributed by atoms with Crippen LogP contribution in [0.1, 0.15) is 15.9 Å². The summed E-state index contributed by atoms with van der Waals surface area (Å²) in [6.45, 7) is 0.0643. The number of anilines is 1. The van der Waals surface area contributed by atoms with Gasteiger partial charge in [-0.15, -0.1) is 0 Å². The Kier molecular flexibility index (Phi) is 7.12. The van der Waals surface area contributed by atoms with E-state index in [1.165, 1.54) is 32.4 Å². The zero-order chi connectivity index (χ0) is 23.1. The predicted molar refractivity (Wildman–Crippen MR) is 118 cm³/mol. The monoisotopic (exact) mass is 437 g/mol. The van der Waals surface area contributed by atoms with E-state index in [0.29, 0.717) is 12.2 Å². The van der Waals surface area contributed by atoms with Crippen molar-refractivity contribution >= 4 is 17.5 Å². The van der Waals surface area contributed by atoms with Crippen LogP contribution < -0.4 is 30.8 Å². The van der Waals surface area contributed by atoms with E-state index in [1.807, 2.05) is 12.1 Å². The Labute approximate surface area is 184 Å². The first-order valence-corrected chi connectivity index (χ1v) is 9.64. The Balaban J connectivity index is 1.75. The number of primary amides is 1. The van der Waals surface area contributed by atoms with E-state index >= 15 is 0 Å². The summed E-state index contributed by atoms with van der Waals surface area (Å²) in [5, 5.41) is 2.80. The van der Waals surface area contributed by atoms with Gasteiger partial charge < -0.3 is 29.8 Å². The molecule has 0 aliphatic rings. The largest absolute Gasteiger partial charge is 0.493 e. The average Bonchev–Trinajstić information content (AvgIpc) is 2.79. The Morgan fingerprint density at radius 1 is 1.00 bits per heavy atom. The molecule has 3 N–H and O–H groups in total. The highest BCUT2D eigenvalue weighted by atomic mass is 16.5. The smallest absolute Gasteiger partial charge is 0.255 e. The number of hydrogen-bond acceptors (Lipinski definition) is 6. The molecule has 3 aromatic rings. The normalized spacial score (nSPS) is 10.3. The van der Waals surface area contributed by atoms with Gasteiger partial charge in [0.2, 0.25) is 5.75 Å². The molecule has 0 aliphatic carbocycles. The maximum atomic E-state index is 12.8. The minimum Gasteiger partial charge on any atom is -0.493 e. The third-order valence-corrected chi connectivity index (χ3v) is 4.55. The zero-order valence-corrected chi connectivity index (χ0v) is 17.7. The molecule has 166 valence electrons. The van der Waals surface area contributed by atoms with Crippen molar-refractivity contribution in [2.45, 2.75) is 6.54 Å². The van der Waals surface area contributed by atoms with E-state index in [2.05, 4.69) is 5.32 Å². The van der Waals surface area contributed by atoms with Crippen LogP contribution in [0.3, 0.4) is 0 Å². The minimum absolute atomic E-state index is 0.0870. The molecule has 0 radical (unpaired) electrons. The van der Waals surface area contributed by atoms with Crippen molar-refractivity contribution in [2.75, 3.05) is 26.1 Å². The van der Waals surface area contributed by atoms with Gasteiger partial charge in [-0.25, -0.2) is 0 Å². The van der Waals surface area contributed by atoms with Crippen molar-refractivity contribution in [3.05, 3.63) is 82.3 Å². The molecule has 9 heteroatoms. The van der Waals surface area contributed by atoms with E-state index in [1.54, 1.807) is 35.0 Å². The van der Waals surface area contributed by atoms with Crippen molar-refractivity contribution in [3.63, 3.8) is 0 Å². The highest BCUT2D eigenvalue weighted by molar-refractivity contribution is 6.05. The van der Waals surface area contributed by atoms with E-state index in [4.69, 9.17) is 19.9 Å². The molecule has 0 atom stereocenters. The van der Waals surface area contributed by atoms with E-state index in [0.717, 1.165) is 5.56 Å². The van der Waals surface area contributed by atoms with Crippen LogP contribution in [0.15, 0.2) is 65.6 Å². The number of nitrogens with one attached hydrogen (secondary N) is 1. The Morgan fingerprint density at radius 2 is 1.66 bits per heavy atom. The summed E-state index contributed by atoms with van der Waals surface area (Å²) in [6.07, 6.45) is 1.72. The number of hydrogen-bond donors (Lipinski definition) is 2. The summed E-state index contributed by atoms with van der Waals surface area (Å²) in [4.78, 5) is 35.6. The minimum atomic E-state index is -0.656. The number of ether oxygens (including phenoxy) is 3. The average molecular weight is 437 g/mol. The summed E-state index contributed by atoms with van der Waals surface area (Å²) < 4.78 is 17.5. The molecule has 0 fully saturated rings. The number of rotatable bonds is 9. The van der Waals surface area contributed by atoms with Crippen molar-refractivity contribution in [1.29, 1.82) is 0 Å². The summed E-state index contributed by atoms with van der Waals surface area (Å²) >= 11 is 0. The first-order valence-electron chi connectivity index (χ1n) is 9.64. The number of nitrogens with two attached hydrogens (primary N) is 1. The molecule has 1 heterocycles. The van der Waals surface area contributed by atoms with E-state index in [9.17, 15) is 14.4 Å². The fourth-order valence-corrected chi connectivity index (χ4v) is 2.98. The van der Waals surface area contributed by atoms with E-state index in [-0.39, 0.29) is 35.0 Å². The van der Waals surface area contributed by atoms with Crippen LogP contribution in [0, 0.1) is 0 Å². The molecule has 0 aliphatic heterocycles. The van der Waals surface area contributed by atoms with Crippen LogP contribution in [0.2, 0.25) is 0 Å². The molecule has 2 amide bonds. The lowest BCUT2D eigenvalue weighted by atomic mass is 10.1. The zero-order valence-electron chi connectivity index (χ0n) is 17.7. The summed E-state index contributed by atoms with van der Waals surface area (Å²) in [5.41, 5.74) is 6.79. The highest BCUT2D eigenvalue weighted by Crippen LogP contribution is 2.38. The van der Waals surface area contributed by atoms with Crippen LogP contribution >= 0.6 is 0 Å². The standard InChI is InChI=1S/C23H23N3O6/c1-30-18-11-16(12-19(31-2)22(18)32-14-20(24)27)23(29)25-17-8-6-15(7-9-17)13-26-10-4-3-5-21(26)28/h3-12H,13-14H2,1-2H3,(H2,24,27)(H,25,29). The molecular weight excluding hydrogens is 414 g/mol.